The van der Waals surface area contributed by atoms with Crippen molar-refractivity contribution in [2.75, 3.05) is 7.11 Å². The molecule has 0 amide bonds. The van der Waals surface area contributed by atoms with Gasteiger partial charge in [-0.25, -0.2) is 0 Å². The van der Waals surface area contributed by atoms with E-state index in [1.165, 1.54) is 11.1 Å². The van der Waals surface area contributed by atoms with Crippen LogP contribution in [0, 0.1) is 0 Å². The molecule has 0 fully saturated rings. The van der Waals surface area contributed by atoms with Gasteiger partial charge in [-0.3, -0.25) is 0 Å². The highest BCUT2D eigenvalue weighted by molar-refractivity contribution is 5.93. The molecule has 0 saturated carbocycles. The lowest BCUT2D eigenvalue weighted by Crippen LogP contribution is -1.90. The molecule has 0 spiro atoms. The maximum absolute atomic E-state index is 9.79. The van der Waals surface area contributed by atoms with Crippen LogP contribution in [0.3, 0.4) is 0 Å². The van der Waals surface area contributed by atoms with Crippen molar-refractivity contribution < 1.29 is 9.84 Å². The van der Waals surface area contributed by atoms with E-state index in [2.05, 4.69) is 109 Å². The average Bonchev–Trinajstić information content (AvgIpc) is 3.08. The number of ether oxygens (including phenoxy) is 1. The molecule has 6 aromatic carbocycles. The minimum absolute atomic E-state index is 0.263. The summed E-state index contributed by atoms with van der Waals surface area (Å²) in [4.78, 5) is 0. The second-order valence-electron chi connectivity index (χ2n) is 10.4. The van der Waals surface area contributed by atoms with Crippen molar-refractivity contribution in [3.8, 4) is 22.6 Å². The van der Waals surface area contributed by atoms with Crippen molar-refractivity contribution in [3.63, 3.8) is 0 Å². The summed E-state index contributed by atoms with van der Waals surface area (Å²) in [5.74, 6) is 1.11. The van der Waals surface area contributed by atoms with Crippen LogP contribution in [-0.2, 0) is 0 Å². The first-order chi connectivity index (χ1) is 21.2. The molecule has 0 saturated heterocycles. The van der Waals surface area contributed by atoms with E-state index in [-0.39, 0.29) is 5.75 Å². The third-order valence-electron chi connectivity index (χ3n) is 7.53. The summed E-state index contributed by atoms with van der Waals surface area (Å²) in [6.45, 7) is 0. The number of hydrogen-bond acceptors (Lipinski definition) is 2. The van der Waals surface area contributed by atoms with Gasteiger partial charge in [0.15, 0.2) is 0 Å². The van der Waals surface area contributed by atoms with Crippen LogP contribution in [0.15, 0.2) is 158 Å². The smallest absolute Gasteiger partial charge is 0.118 e. The molecular formula is C41H32O2. The van der Waals surface area contributed by atoms with Crippen molar-refractivity contribution >= 4 is 23.3 Å². The van der Waals surface area contributed by atoms with Gasteiger partial charge >= 0.3 is 0 Å². The zero-order valence-electron chi connectivity index (χ0n) is 24.0. The van der Waals surface area contributed by atoms with Crippen LogP contribution >= 0.6 is 0 Å². The lowest BCUT2D eigenvalue weighted by atomic mass is 9.94. The highest BCUT2D eigenvalue weighted by Crippen LogP contribution is 2.30. The van der Waals surface area contributed by atoms with Crippen LogP contribution in [0.5, 0.6) is 11.5 Å². The van der Waals surface area contributed by atoms with E-state index < -0.39 is 0 Å². The molecule has 2 nitrogen and oxygen atoms in total. The molecule has 6 aromatic rings. The lowest BCUT2D eigenvalue weighted by molar-refractivity contribution is 0.415. The molecule has 208 valence electrons. The minimum atomic E-state index is 0.263. The van der Waals surface area contributed by atoms with Crippen LogP contribution in [0.2, 0.25) is 0 Å². The molecule has 0 unspecified atom stereocenters. The lowest BCUT2D eigenvalue weighted by Gasteiger charge is -2.11. The van der Waals surface area contributed by atoms with Crippen LogP contribution in [-0.4, -0.2) is 12.2 Å². The third kappa shape index (κ3) is 6.66. The van der Waals surface area contributed by atoms with Gasteiger partial charge in [0.2, 0.25) is 0 Å². The SMILES string of the molecule is COc1ccc(/C(=C/c2ccc(-c3ccc(/C=C(\c4ccccc4)c4ccc(O)cc4)cc3)cc2)c2ccccc2)cc1. The first-order valence-corrected chi connectivity index (χ1v) is 14.3. The normalized spacial score (nSPS) is 11.7. The number of phenolic OH excluding ortho intramolecular Hbond substituents is 1. The maximum atomic E-state index is 9.79. The van der Waals surface area contributed by atoms with E-state index in [0.717, 1.165) is 50.3 Å². The number of benzene rings is 6. The molecule has 0 heterocycles. The highest BCUT2D eigenvalue weighted by Gasteiger charge is 2.08. The van der Waals surface area contributed by atoms with Gasteiger partial charge in [-0.1, -0.05) is 133 Å². The fourth-order valence-electron chi connectivity index (χ4n) is 5.19. The zero-order valence-corrected chi connectivity index (χ0v) is 24.0. The van der Waals surface area contributed by atoms with Gasteiger partial charge in [0, 0.05) is 0 Å². The van der Waals surface area contributed by atoms with Crippen molar-refractivity contribution in [2.45, 2.75) is 0 Å². The van der Waals surface area contributed by atoms with Crippen LogP contribution in [0.4, 0.5) is 0 Å². The molecule has 0 atom stereocenters. The summed E-state index contributed by atoms with van der Waals surface area (Å²) < 4.78 is 5.37. The Hall–Kier alpha value is -5.60. The zero-order chi connectivity index (χ0) is 29.4. The molecule has 0 radical (unpaired) electrons. The molecule has 0 aliphatic heterocycles. The van der Waals surface area contributed by atoms with E-state index in [1.807, 2.05) is 48.5 Å². The third-order valence-corrected chi connectivity index (χ3v) is 7.53. The molecule has 6 rings (SSSR count). The molecular weight excluding hydrogens is 524 g/mol. The first-order valence-electron chi connectivity index (χ1n) is 14.3. The standard InChI is InChI=1S/C41H32O2/c1-43-39-26-22-37(23-27-39)41(35-10-6-3-7-11-35)29-31-14-18-33(19-15-31)32-16-12-30(13-17-32)28-40(34-8-4-2-5-9-34)36-20-24-38(42)25-21-36/h2-29,42H,1H3/b40-28+,41-29+. The fraction of sp³-hybridized carbons (Fsp3) is 0.0244. The van der Waals surface area contributed by atoms with E-state index in [9.17, 15) is 5.11 Å². The van der Waals surface area contributed by atoms with Gasteiger partial charge in [-0.2, -0.15) is 0 Å². The Morgan fingerprint density at radius 3 is 1.21 bits per heavy atom. The fourth-order valence-corrected chi connectivity index (χ4v) is 5.19. The van der Waals surface area contributed by atoms with Crippen LogP contribution in [0.1, 0.15) is 33.4 Å². The van der Waals surface area contributed by atoms with E-state index >= 15 is 0 Å². The molecule has 2 heteroatoms. The highest BCUT2D eigenvalue weighted by atomic mass is 16.5. The number of rotatable bonds is 8. The predicted octanol–water partition coefficient (Wildman–Crippen LogP) is 10.2. The summed E-state index contributed by atoms with van der Waals surface area (Å²) in [5.41, 5.74) is 11.3. The Bertz CT molecular complexity index is 1830. The van der Waals surface area contributed by atoms with E-state index in [1.54, 1.807) is 19.2 Å². The van der Waals surface area contributed by atoms with Crippen LogP contribution < -0.4 is 4.74 Å². The van der Waals surface area contributed by atoms with Crippen LogP contribution in [0.25, 0.3) is 34.4 Å². The van der Waals surface area contributed by atoms with Gasteiger partial charge in [0.1, 0.15) is 11.5 Å². The Balaban J connectivity index is 1.28. The predicted molar refractivity (Wildman–Crippen MR) is 180 cm³/mol. The molecule has 43 heavy (non-hydrogen) atoms. The summed E-state index contributed by atoms with van der Waals surface area (Å²) in [6, 6.07) is 53.8. The summed E-state index contributed by atoms with van der Waals surface area (Å²) in [6.07, 6.45) is 4.44. The van der Waals surface area contributed by atoms with E-state index in [4.69, 9.17) is 4.74 Å². The summed E-state index contributed by atoms with van der Waals surface area (Å²) in [5, 5.41) is 9.79. The average molecular weight is 557 g/mol. The topological polar surface area (TPSA) is 29.5 Å². The van der Waals surface area contributed by atoms with Crippen molar-refractivity contribution in [1.82, 2.24) is 0 Å². The van der Waals surface area contributed by atoms with Crippen molar-refractivity contribution in [1.29, 1.82) is 0 Å². The second kappa shape index (κ2) is 12.9. The molecule has 0 aliphatic rings. The van der Waals surface area contributed by atoms with Gasteiger partial charge in [-0.15, -0.1) is 0 Å². The number of phenols is 1. The quantitative estimate of drug-likeness (QED) is 0.189. The number of hydrogen-bond donors (Lipinski definition) is 1. The van der Waals surface area contributed by atoms with Crippen molar-refractivity contribution in [3.05, 3.63) is 191 Å². The largest absolute Gasteiger partial charge is 0.508 e. The Morgan fingerprint density at radius 2 is 0.814 bits per heavy atom. The minimum Gasteiger partial charge on any atom is -0.508 e. The molecule has 1 N–H and O–H groups in total. The second-order valence-corrected chi connectivity index (χ2v) is 10.4. The van der Waals surface area contributed by atoms with Gasteiger partial charge in [0.25, 0.3) is 0 Å². The summed E-state index contributed by atoms with van der Waals surface area (Å²) >= 11 is 0. The van der Waals surface area contributed by atoms with Crippen molar-refractivity contribution in [2.24, 2.45) is 0 Å². The van der Waals surface area contributed by atoms with Gasteiger partial charge in [0.05, 0.1) is 7.11 Å². The summed E-state index contributed by atoms with van der Waals surface area (Å²) in [7, 11) is 1.69. The van der Waals surface area contributed by atoms with Gasteiger partial charge in [-0.05, 0) is 92.1 Å². The maximum Gasteiger partial charge on any atom is 0.118 e. The first kappa shape index (κ1) is 27.6. The Labute approximate surface area is 253 Å². The Kier molecular flexibility index (Phi) is 8.29. The number of aromatic hydroxyl groups is 1. The number of methoxy groups -OCH3 is 1. The van der Waals surface area contributed by atoms with E-state index in [0.29, 0.717) is 0 Å². The molecule has 0 aromatic heterocycles. The Morgan fingerprint density at radius 1 is 0.442 bits per heavy atom. The molecule has 0 aliphatic carbocycles. The molecule has 0 bridgehead atoms. The van der Waals surface area contributed by atoms with Gasteiger partial charge < -0.3 is 9.84 Å². The monoisotopic (exact) mass is 556 g/mol.